The molecule has 0 unspecified atom stereocenters. The van der Waals surface area contributed by atoms with Crippen LogP contribution in [0.4, 0.5) is 0 Å². The molecule has 0 saturated carbocycles. The summed E-state index contributed by atoms with van der Waals surface area (Å²) >= 11 is 0. The first-order valence-electron chi connectivity index (χ1n) is 23.1. The van der Waals surface area contributed by atoms with Crippen molar-refractivity contribution < 1.29 is 9.30 Å². The fraction of sp³-hybridized carbons (Fsp3) is 0.305. The second kappa shape index (κ2) is 13.5. The molecule has 0 fully saturated rings. The van der Waals surface area contributed by atoms with Crippen LogP contribution in [0.1, 0.15) is 128 Å². The first kappa shape index (κ1) is 41.2. The molecular weight excluding hydrogens is 795 g/mol. The van der Waals surface area contributed by atoms with Gasteiger partial charge in [-0.15, -0.1) is 0 Å². The number of benzene rings is 5. The quantitative estimate of drug-likeness (QED) is 0.131. The van der Waals surface area contributed by atoms with Crippen molar-refractivity contribution in [2.45, 2.75) is 110 Å². The molecule has 2 aliphatic rings. The number of fused-ring (bicyclic) bond motifs is 12. The maximum Gasteiger partial charge on any atom is 0.244 e. The lowest BCUT2D eigenvalue weighted by Gasteiger charge is -2.45. The van der Waals surface area contributed by atoms with E-state index in [2.05, 4.69) is 195 Å². The van der Waals surface area contributed by atoms with Crippen LogP contribution in [0.5, 0.6) is 11.5 Å². The van der Waals surface area contributed by atoms with Crippen LogP contribution in [0.25, 0.3) is 55.6 Å². The van der Waals surface area contributed by atoms with Gasteiger partial charge in [-0.05, 0) is 126 Å². The van der Waals surface area contributed by atoms with Crippen molar-refractivity contribution in [1.82, 2.24) is 19.1 Å². The summed E-state index contributed by atoms with van der Waals surface area (Å²) in [5, 5.41) is 2.17. The number of ether oxygens (including phenoxy) is 1. The largest absolute Gasteiger partial charge is 0.458 e. The number of rotatable bonds is 3. The van der Waals surface area contributed by atoms with E-state index in [1.807, 2.05) is 36.7 Å². The monoisotopic (exact) mass is 853 g/mol. The SMILES string of the molecule is C[n+]1[c-]n2c3c(cccc31)C1(c3ccc(Oc4ccc5c6cccnc6n(-c6ccccn6)c5c4)cc3-2)c2c(cc(C(C)(C)C)cc2C(C)(C)C)-c2cc(C(C)(C)C)cc(C(C)(C)C)c21. The smallest absolute Gasteiger partial charge is 0.244 e. The number of pyridine rings is 2. The number of aromatic nitrogens is 5. The third kappa shape index (κ3) is 5.94. The third-order valence-electron chi connectivity index (χ3n) is 14.1. The summed E-state index contributed by atoms with van der Waals surface area (Å²) in [5.41, 5.74) is 17.6. The molecule has 11 rings (SSSR count). The van der Waals surface area contributed by atoms with E-state index in [9.17, 15) is 0 Å². The van der Waals surface area contributed by atoms with Crippen LogP contribution in [0, 0.1) is 6.33 Å². The van der Waals surface area contributed by atoms with Gasteiger partial charge < -0.3 is 13.9 Å². The zero-order valence-corrected chi connectivity index (χ0v) is 40.2. The van der Waals surface area contributed by atoms with Crippen molar-refractivity contribution in [3.8, 4) is 34.1 Å². The normalized spacial score (nSPS) is 14.4. The molecule has 4 aromatic heterocycles. The molecular formula is C59H59N5O. The predicted molar refractivity (Wildman–Crippen MR) is 265 cm³/mol. The standard InChI is InChI=1S/C59H59N5O/c1-55(2,3)35-28-41-42-29-36(56(4,5)6)31-46(58(10,11)12)52(42)59(51(41)45(30-35)57(7,8)9)43-25-23-38(33-49(43)63-34-62(13)47-20-16-19-44(59)53(47)63)65-37-22-24-39-40-18-17-27-61-54(40)64(48(39)32-37)50-21-14-15-26-60-50/h14-33H,1-13H3. The summed E-state index contributed by atoms with van der Waals surface area (Å²) in [6.45, 7) is 28.5. The zero-order chi connectivity index (χ0) is 45.7. The Kier molecular flexibility index (Phi) is 8.56. The first-order valence-corrected chi connectivity index (χ1v) is 23.1. The molecule has 0 saturated heterocycles. The Morgan fingerprint density at radius 3 is 1.82 bits per heavy atom. The lowest BCUT2D eigenvalue weighted by atomic mass is 9.60. The number of aryl methyl sites for hydroxylation is 1. The third-order valence-corrected chi connectivity index (χ3v) is 14.1. The second-order valence-electron chi connectivity index (χ2n) is 22.7. The summed E-state index contributed by atoms with van der Waals surface area (Å²) in [4.78, 5) is 9.55. The first-order chi connectivity index (χ1) is 30.7. The fourth-order valence-electron chi connectivity index (χ4n) is 11.0. The summed E-state index contributed by atoms with van der Waals surface area (Å²) in [7, 11) is 2.12. The van der Waals surface area contributed by atoms with E-state index >= 15 is 0 Å². The minimum absolute atomic E-state index is 0.0565. The van der Waals surface area contributed by atoms with E-state index in [4.69, 9.17) is 14.7 Å². The lowest BCUT2D eigenvalue weighted by Crippen LogP contribution is -2.38. The van der Waals surface area contributed by atoms with Crippen LogP contribution in [0.15, 0.2) is 122 Å². The van der Waals surface area contributed by atoms with Crippen LogP contribution in [0.3, 0.4) is 0 Å². The molecule has 5 heterocycles. The van der Waals surface area contributed by atoms with Gasteiger partial charge in [0.2, 0.25) is 6.33 Å². The van der Waals surface area contributed by atoms with Gasteiger partial charge in [-0.1, -0.05) is 138 Å². The van der Waals surface area contributed by atoms with Gasteiger partial charge in [-0.2, -0.15) is 0 Å². The Labute approximate surface area is 383 Å². The lowest BCUT2D eigenvalue weighted by molar-refractivity contribution is -0.649. The van der Waals surface area contributed by atoms with E-state index in [0.717, 1.165) is 50.5 Å². The molecule has 326 valence electrons. The van der Waals surface area contributed by atoms with E-state index < -0.39 is 5.41 Å². The van der Waals surface area contributed by atoms with Crippen LogP contribution < -0.4 is 9.30 Å². The van der Waals surface area contributed by atoms with Crippen molar-refractivity contribution in [3.63, 3.8) is 0 Å². The highest BCUT2D eigenvalue weighted by Crippen LogP contribution is 2.65. The number of para-hydroxylation sites is 1. The van der Waals surface area contributed by atoms with Crippen molar-refractivity contribution in [3.05, 3.63) is 172 Å². The van der Waals surface area contributed by atoms with Crippen LogP contribution >= 0.6 is 0 Å². The van der Waals surface area contributed by atoms with Gasteiger partial charge in [-0.3, -0.25) is 4.57 Å². The van der Waals surface area contributed by atoms with Crippen molar-refractivity contribution in [2.75, 3.05) is 0 Å². The van der Waals surface area contributed by atoms with Gasteiger partial charge in [-0.25, -0.2) is 9.97 Å². The average molecular weight is 854 g/mol. The van der Waals surface area contributed by atoms with E-state index in [0.29, 0.717) is 0 Å². The van der Waals surface area contributed by atoms with Gasteiger partial charge in [0.25, 0.3) is 0 Å². The molecule has 0 atom stereocenters. The van der Waals surface area contributed by atoms with Crippen LogP contribution in [0.2, 0.25) is 0 Å². The van der Waals surface area contributed by atoms with Crippen LogP contribution in [-0.4, -0.2) is 19.1 Å². The molecule has 9 aromatic rings. The molecule has 1 spiro atoms. The van der Waals surface area contributed by atoms with E-state index in [1.54, 1.807) is 0 Å². The Bertz CT molecular complexity index is 3370. The molecule has 0 bridgehead atoms. The number of hydrogen-bond acceptors (Lipinski definition) is 3. The van der Waals surface area contributed by atoms with Crippen molar-refractivity contribution in [2.24, 2.45) is 7.05 Å². The molecule has 1 aliphatic heterocycles. The van der Waals surface area contributed by atoms with Gasteiger partial charge >= 0.3 is 0 Å². The summed E-state index contributed by atoms with van der Waals surface area (Å²) < 4.78 is 13.6. The topological polar surface area (TPSA) is 48.8 Å². The zero-order valence-electron chi connectivity index (χ0n) is 40.2. The van der Waals surface area contributed by atoms with Crippen molar-refractivity contribution >= 4 is 33.0 Å². The summed E-state index contributed by atoms with van der Waals surface area (Å²) in [6.07, 6.45) is 7.44. The Balaban J connectivity index is 1.23. The minimum atomic E-state index is -0.652. The van der Waals surface area contributed by atoms with Gasteiger partial charge in [0.1, 0.15) is 23.0 Å². The molecule has 1 aliphatic carbocycles. The average Bonchev–Trinajstić information content (AvgIpc) is 3.87. The van der Waals surface area contributed by atoms with E-state index in [1.165, 1.54) is 61.2 Å². The number of nitrogens with zero attached hydrogens (tertiary/aromatic N) is 5. The minimum Gasteiger partial charge on any atom is -0.458 e. The Morgan fingerprint density at radius 2 is 1.20 bits per heavy atom. The predicted octanol–water partition coefficient (Wildman–Crippen LogP) is 13.8. The summed E-state index contributed by atoms with van der Waals surface area (Å²) in [6, 6.07) is 40.3. The maximum absolute atomic E-state index is 6.99. The number of imidazole rings is 1. The van der Waals surface area contributed by atoms with Crippen LogP contribution in [-0.2, 0) is 34.1 Å². The van der Waals surface area contributed by atoms with Gasteiger partial charge in [0.15, 0.2) is 0 Å². The number of hydrogen-bond donors (Lipinski definition) is 0. The molecule has 5 aromatic carbocycles. The molecule has 0 radical (unpaired) electrons. The molecule has 0 amide bonds. The second-order valence-corrected chi connectivity index (χ2v) is 22.7. The highest BCUT2D eigenvalue weighted by atomic mass is 16.5. The fourth-order valence-corrected chi connectivity index (χ4v) is 11.0. The molecule has 0 N–H and O–H groups in total. The highest BCUT2D eigenvalue weighted by molar-refractivity contribution is 6.08. The van der Waals surface area contributed by atoms with Gasteiger partial charge in [0.05, 0.1) is 34.7 Å². The molecule has 6 heteroatoms. The maximum atomic E-state index is 6.99. The van der Waals surface area contributed by atoms with Crippen molar-refractivity contribution in [1.29, 1.82) is 0 Å². The highest BCUT2D eigenvalue weighted by Gasteiger charge is 2.54. The Morgan fingerprint density at radius 1 is 0.569 bits per heavy atom. The molecule has 6 nitrogen and oxygen atoms in total. The summed E-state index contributed by atoms with van der Waals surface area (Å²) in [5.74, 6) is 2.30. The Hall–Kier alpha value is -6.53. The van der Waals surface area contributed by atoms with Gasteiger partial charge in [0, 0.05) is 29.2 Å². The molecule has 65 heavy (non-hydrogen) atoms. The van der Waals surface area contributed by atoms with E-state index in [-0.39, 0.29) is 21.7 Å².